The van der Waals surface area contributed by atoms with Crippen LogP contribution >= 0.6 is 12.4 Å². The van der Waals surface area contributed by atoms with Gasteiger partial charge in [-0.1, -0.05) is 0 Å². The number of rotatable bonds is 0. The quantitative estimate of drug-likeness (QED) is 0.571. The SMILES string of the molecule is CNC(=O)N1CCN[C@@H](C)C1.Cl. The number of nitrogens with one attached hydrogen (secondary N) is 2. The number of urea groups is 1. The zero-order valence-electron chi connectivity index (χ0n) is 7.46. The average Bonchev–Trinajstić information content (AvgIpc) is 2.03. The summed E-state index contributed by atoms with van der Waals surface area (Å²) in [5, 5.41) is 5.88. The van der Waals surface area contributed by atoms with Gasteiger partial charge in [0.25, 0.3) is 0 Å². The molecule has 0 saturated carbocycles. The number of hydrogen-bond donors (Lipinski definition) is 2. The molecule has 0 aromatic heterocycles. The van der Waals surface area contributed by atoms with Crippen LogP contribution in [0.15, 0.2) is 0 Å². The summed E-state index contributed by atoms with van der Waals surface area (Å²) < 4.78 is 0. The molecule has 72 valence electrons. The van der Waals surface area contributed by atoms with E-state index in [1.807, 2.05) is 4.90 Å². The molecule has 0 aromatic carbocycles. The first-order valence-electron chi connectivity index (χ1n) is 3.94. The van der Waals surface area contributed by atoms with Crippen molar-refractivity contribution >= 4 is 18.4 Å². The van der Waals surface area contributed by atoms with Gasteiger partial charge < -0.3 is 15.5 Å². The van der Waals surface area contributed by atoms with E-state index in [4.69, 9.17) is 0 Å². The van der Waals surface area contributed by atoms with E-state index < -0.39 is 0 Å². The molecule has 2 N–H and O–H groups in total. The lowest BCUT2D eigenvalue weighted by Gasteiger charge is -2.31. The van der Waals surface area contributed by atoms with E-state index in [9.17, 15) is 4.79 Å². The van der Waals surface area contributed by atoms with Gasteiger partial charge in [-0.3, -0.25) is 0 Å². The molecule has 1 saturated heterocycles. The van der Waals surface area contributed by atoms with E-state index >= 15 is 0 Å². The second-order valence-electron chi connectivity index (χ2n) is 2.86. The average molecular weight is 194 g/mol. The minimum atomic E-state index is 0. The van der Waals surface area contributed by atoms with E-state index in [0.29, 0.717) is 6.04 Å². The van der Waals surface area contributed by atoms with Crippen LogP contribution in [0.2, 0.25) is 0 Å². The highest BCUT2D eigenvalue weighted by molar-refractivity contribution is 5.85. The van der Waals surface area contributed by atoms with Gasteiger partial charge in [0.05, 0.1) is 0 Å². The first-order valence-corrected chi connectivity index (χ1v) is 3.94. The minimum absolute atomic E-state index is 0. The molecule has 0 unspecified atom stereocenters. The Kier molecular flexibility index (Phi) is 5.01. The third-order valence-corrected chi connectivity index (χ3v) is 1.87. The van der Waals surface area contributed by atoms with Crippen LogP contribution in [0.3, 0.4) is 0 Å². The van der Waals surface area contributed by atoms with E-state index in [1.54, 1.807) is 7.05 Å². The maximum atomic E-state index is 11.1. The molecule has 0 bridgehead atoms. The zero-order chi connectivity index (χ0) is 8.27. The molecule has 0 aliphatic carbocycles. The first-order chi connectivity index (χ1) is 5.24. The normalized spacial score (nSPS) is 22.8. The van der Waals surface area contributed by atoms with Crippen molar-refractivity contribution in [3.8, 4) is 0 Å². The summed E-state index contributed by atoms with van der Waals surface area (Å²) in [7, 11) is 1.66. The lowest BCUT2D eigenvalue weighted by molar-refractivity contribution is 0.181. The third kappa shape index (κ3) is 2.87. The Morgan fingerprint density at radius 1 is 1.67 bits per heavy atom. The maximum absolute atomic E-state index is 11.1. The Labute approximate surface area is 79.1 Å². The predicted molar refractivity (Wildman–Crippen MR) is 50.7 cm³/mol. The Morgan fingerprint density at radius 3 is 2.83 bits per heavy atom. The molecule has 1 fully saturated rings. The van der Waals surface area contributed by atoms with Crippen LogP contribution in [0.4, 0.5) is 4.79 Å². The molecule has 1 aliphatic rings. The predicted octanol–water partition coefficient (Wildman–Crippen LogP) is 0.0413. The number of carbonyl (C=O) groups is 1. The summed E-state index contributed by atoms with van der Waals surface area (Å²) in [5.41, 5.74) is 0. The molecule has 0 spiro atoms. The van der Waals surface area contributed by atoms with E-state index in [0.717, 1.165) is 19.6 Å². The van der Waals surface area contributed by atoms with Crippen molar-refractivity contribution in [2.45, 2.75) is 13.0 Å². The lowest BCUT2D eigenvalue weighted by atomic mass is 10.2. The molecule has 12 heavy (non-hydrogen) atoms. The van der Waals surface area contributed by atoms with Crippen LogP contribution in [0.1, 0.15) is 6.92 Å². The van der Waals surface area contributed by atoms with Crippen molar-refractivity contribution in [1.82, 2.24) is 15.5 Å². The van der Waals surface area contributed by atoms with Gasteiger partial charge in [0.2, 0.25) is 0 Å². The Morgan fingerprint density at radius 2 is 2.33 bits per heavy atom. The van der Waals surface area contributed by atoms with E-state index in [-0.39, 0.29) is 18.4 Å². The fourth-order valence-corrected chi connectivity index (χ4v) is 1.27. The smallest absolute Gasteiger partial charge is 0.317 e. The van der Waals surface area contributed by atoms with Gasteiger partial charge in [-0.15, -0.1) is 12.4 Å². The zero-order valence-corrected chi connectivity index (χ0v) is 8.28. The van der Waals surface area contributed by atoms with Crippen molar-refractivity contribution in [3.63, 3.8) is 0 Å². The van der Waals surface area contributed by atoms with Gasteiger partial charge >= 0.3 is 6.03 Å². The van der Waals surface area contributed by atoms with Crippen LogP contribution in [0, 0.1) is 0 Å². The number of carbonyl (C=O) groups excluding carboxylic acids is 1. The summed E-state index contributed by atoms with van der Waals surface area (Å²) in [6.45, 7) is 4.59. The molecule has 4 nitrogen and oxygen atoms in total. The van der Waals surface area contributed by atoms with Crippen molar-refractivity contribution < 1.29 is 4.79 Å². The lowest BCUT2D eigenvalue weighted by Crippen LogP contribution is -2.53. The van der Waals surface area contributed by atoms with Gasteiger partial charge in [-0.25, -0.2) is 4.79 Å². The number of amides is 2. The topological polar surface area (TPSA) is 44.4 Å². The van der Waals surface area contributed by atoms with Gasteiger partial charge in [0.1, 0.15) is 0 Å². The number of hydrogen-bond acceptors (Lipinski definition) is 2. The maximum Gasteiger partial charge on any atom is 0.317 e. The number of nitrogens with zero attached hydrogens (tertiary/aromatic N) is 1. The molecule has 5 heteroatoms. The molecule has 0 radical (unpaired) electrons. The molecule has 1 aliphatic heterocycles. The first kappa shape index (κ1) is 11.5. The Bertz CT molecular complexity index is 154. The van der Waals surface area contributed by atoms with Crippen LogP contribution in [-0.2, 0) is 0 Å². The van der Waals surface area contributed by atoms with Crippen molar-refractivity contribution in [2.75, 3.05) is 26.7 Å². The Hall–Kier alpha value is -0.480. The molecule has 1 rings (SSSR count). The van der Waals surface area contributed by atoms with Crippen LogP contribution < -0.4 is 10.6 Å². The largest absolute Gasteiger partial charge is 0.341 e. The highest BCUT2D eigenvalue weighted by Gasteiger charge is 2.18. The van der Waals surface area contributed by atoms with Crippen molar-refractivity contribution in [1.29, 1.82) is 0 Å². The summed E-state index contributed by atoms with van der Waals surface area (Å²) in [6.07, 6.45) is 0. The van der Waals surface area contributed by atoms with Gasteiger partial charge in [0, 0.05) is 32.7 Å². The number of piperazine rings is 1. The van der Waals surface area contributed by atoms with Crippen molar-refractivity contribution in [3.05, 3.63) is 0 Å². The monoisotopic (exact) mass is 193 g/mol. The minimum Gasteiger partial charge on any atom is -0.341 e. The molecule has 1 atom stereocenters. The van der Waals surface area contributed by atoms with Gasteiger partial charge in [0.15, 0.2) is 0 Å². The van der Waals surface area contributed by atoms with E-state index in [1.165, 1.54) is 0 Å². The number of halogens is 1. The molecule has 1 heterocycles. The fraction of sp³-hybridized carbons (Fsp3) is 0.857. The summed E-state index contributed by atoms with van der Waals surface area (Å²) in [5.74, 6) is 0. The molecular formula is C7H16ClN3O. The third-order valence-electron chi connectivity index (χ3n) is 1.87. The summed E-state index contributed by atoms with van der Waals surface area (Å²) in [4.78, 5) is 12.9. The van der Waals surface area contributed by atoms with Crippen LogP contribution in [0.25, 0.3) is 0 Å². The molecule has 0 aromatic rings. The highest BCUT2D eigenvalue weighted by atomic mass is 35.5. The van der Waals surface area contributed by atoms with Gasteiger partial charge in [-0.05, 0) is 6.92 Å². The second-order valence-corrected chi connectivity index (χ2v) is 2.86. The van der Waals surface area contributed by atoms with Crippen LogP contribution in [-0.4, -0.2) is 43.7 Å². The molecular weight excluding hydrogens is 178 g/mol. The fourth-order valence-electron chi connectivity index (χ4n) is 1.27. The van der Waals surface area contributed by atoms with E-state index in [2.05, 4.69) is 17.6 Å². The Balaban J connectivity index is 0.00000121. The standard InChI is InChI=1S/C7H15N3O.ClH/c1-6-5-10(4-3-9-6)7(11)8-2;/h6,9H,3-5H2,1-2H3,(H,8,11);1H/t6-;/m0./s1. The van der Waals surface area contributed by atoms with Gasteiger partial charge in [-0.2, -0.15) is 0 Å². The summed E-state index contributed by atoms with van der Waals surface area (Å²) >= 11 is 0. The summed E-state index contributed by atoms with van der Waals surface area (Å²) in [6, 6.07) is 0.444. The van der Waals surface area contributed by atoms with Crippen LogP contribution in [0.5, 0.6) is 0 Å². The van der Waals surface area contributed by atoms with Crippen molar-refractivity contribution in [2.24, 2.45) is 0 Å². The highest BCUT2D eigenvalue weighted by Crippen LogP contribution is 1.97. The molecule has 2 amide bonds. The second kappa shape index (κ2) is 5.22.